The van der Waals surface area contributed by atoms with E-state index in [0.29, 0.717) is 12.8 Å². The van der Waals surface area contributed by atoms with Crippen LogP contribution >= 0.6 is 0 Å². The van der Waals surface area contributed by atoms with E-state index in [1.807, 2.05) is 0 Å². The summed E-state index contributed by atoms with van der Waals surface area (Å²) in [5, 5.41) is 2.73. The summed E-state index contributed by atoms with van der Waals surface area (Å²) in [7, 11) is 0. The Morgan fingerprint density at radius 3 is 2.90 bits per heavy atom. The van der Waals surface area contributed by atoms with E-state index in [2.05, 4.69) is 5.32 Å². The topological polar surface area (TPSA) is 46.2 Å². The quantitative estimate of drug-likeness (QED) is 0.599. The number of nitrogens with one attached hydrogen (secondary N) is 1. The Hall–Kier alpha value is -0.860. The second-order valence-electron chi connectivity index (χ2n) is 2.71. The van der Waals surface area contributed by atoms with Crippen molar-refractivity contribution in [1.82, 2.24) is 5.32 Å². The van der Waals surface area contributed by atoms with Gasteiger partial charge >= 0.3 is 0 Å². The Labute approximate surface area is 59.8 Å². The van der Waals surface area contributed by atoms with E-state index in [4.69, 9.17) is 0 Å². The van der Waals surface area contributed by atoms with Crippen molar-refractivity contribution >= 4 is 11.7 Å². The fourth-order valence-corrected chi connectivity index (χ4v) is 1.18. The summed E-state index contributed by atoms with van der Waals surface area (Å²) in [4.78, 5) is 21.2. The molecule has 0 aromatic heterocycles. The van der Waals surface area contributed by atoms with E-state index in [1.54, 1.807) is 6.92 Å². The molecule has 1 rings (SSSR count). The Kier molecular flexibility index (Phi) is 2.04. The zero-order valence-electron chi connectivity index (χ0n) is 6.02. The Bertz CT molecular complexity index is 165. The van der Waals surface area contributed by atoms with Crippen LogP contribution in [0.15, 0.2) is 0 Å². The molecule has 1 saturated heterocycles. The fourth-order valence-electron chi connectivity index (χ4n) is 1.18. The predicted molar refractivity (Wildman–Crippen MR) is 36.5 cm³/mol. The van der Waals surface area contributed by atoms with E-state index < -0.39 is 0 Å². The van der Waals surface area contributed by atoms with Crippen LogP contribution in [0.25, 0.3) is 0 Å². The minimum atomic E-state index is 0.0752. The average molecular weight is 141 g/mol. The molecule has 1 aliphatic rings. The molecule has 0 radical (unpaired) electrons. The molecule has 0 unspecified atom stereocenters. The molecule has 1 aliphatic heterocycles. The van der Waals surface area contributed by atoms with Crippen molar-refractivity contribution in [2.45, 2.75) is 32.2 Å². The van der Waals surface area contributed by atoms with E-state index in [9.17, 15) is 9.59 Å². The summed E-state index contributed by atoms with van der Waals surface area (Å²) in [5.74, 6) is 0.221. The molecule has 0 aliphatic carbocycles. The maximum atomic E-state index is 10.6. The Morgan fingerprint density at radius 1 is 1.80 bits per heavy atom. The van der Waals surface area contributed by atoms with Crippen molar-refractivity contribution in [3.05, 3.63) is 0 Å². The van der Waals surface area contributed by atoms with Crippen molar-refractivity contribution in [3.8, 4) is 0 Å². The predicted octanol–water partition coefficient (Wildman–Crippen LogP) is 0.244. The van der Waals surface area contributed by atoms with E-state index in [1.165, 1.54) is 0 Å². The van der Waals surface area contributed by atoms with Crippen LogP contribution in [-0.2, 0) is 9.59 Å². The molecule has 10 heavy (non-hydrogen) atoms. The molecule has 1 N–H and O–H groups in total. The fraction of sp³-hybridized carbons (Fsp3) is 0.714. The lowest BCUT2D eigenvalue weighted by molar-refractivity contribution is -0.119. The molecular weight excluding hydrogens is 130 g/mol. The number of amides is 1. The molecule has 1 atom stereocenters. The van der Waals surface area contributed by atoms with Gasteiger partial charge in [-0.1, -0.05) is 0 Å². The Morgan fingerprint density at radius 2 is 2.50 bits per heavy atom. The maximum Gasteiger partial charge on any atom is 0.220 e. The highest BCUT2D eigenvalue weighted by Gasteiger charge is 2.21. The molecule has 56 valence electrons. The van der Waals surface area contributed by atoms with Gasteiger partial charge in [0.05, 0.1) is 0 Å². The first-order valence-electron chi connectivity index (χ1n) is 3.47. The van der Waals surface area contributed by atoms with Gasteiger partial charge in [0.1, 0.15) is 5.78 Å². The smallest absolute Gasteiger partial charge is 0.220 e. The molecule has 0 aromatic rings. The van der Waals surface area contributed by atoms with Gasteiger partial charge in [0, 0.05) is 18.9 Å². The van der Waals surface area contributed by atoms with Gasteiger partial charge in [0.2, 0.25) is 5.91 Å². The number of ketones is 1. The summed E-state index contributed by atoms with van der Waals surface area (Å²) < 4.78 is 0. The van der Waals surface area contributed by atoms with Crippen molar-refractivity contribution in [1.29, 1.82) is 0 Å². The Balaban J connectivity index is 2.31. The number of carbonyl (C=O) groups is 2. The van der Waals surface area contributed by atoms with Gasteiger partial charge in [0.15, 0.2) is 0 Å². The first kappa shape index (κ1) is 7.25. The van der Waals surface area contributed by atoms with Gasteiger partial charge in [-0.05, 0) is 13.3 Å². The third-order valence-corrected chi connectivity index (χ3v) is 1.62. The van der Waals surface area contributed by atoms with Crippen LogP contribution in [0.5, 0.6) is 0 Å². The van der Waals surface area contributed by atoms with Gasteiger partial charge in [-0.2, -0.15) is 0 Å². The lowest BCUT2D eigenvalue weighted by Crippen LogP contribution is -2.26. The average Bonchev–Trinajstić information content (AvgIpc) is 2.13. The molecule has 1 amide bonds. The summed E-state index contributed by atoms with van der Waals surface area (Å²) in [6.07, 6.45) is 1.89. The third kappa shape index (κ3) is 1.83. The molecule has 0 bridgehead atoms. The maximum absolute atomic E-state index is 10.6. The zero-order chi connectivity index (χ0) is 7.56. The van der Waals surface area contributed by atoms with Gasteiger partial charge in [-0.3, -0.25) is 9.59 Å². The molecule has 1 heterocycles. The first-order valence-corrected chi connectivity index (χ1v) is 3.47. The summed E-state index contributed by atoms with van der Waals surface area (Å²) >= 11 is 0. The molecule has 1 fully saturated rings. The highest BCUT2D eigenvalue weighted by molar-refractivity contribution is 5.81. The second kappa shape index (κ2) is 2.82. The minimum Gasteiger partial charge on any atom is -0.353 e. The number of Topliss-reactive ketones (excluding diaryl/α,β-unsaturated/α-hetero) is 1. The van der Waals surface area contributed by atoms with Crippen LogP contribution < -0.4 is 5.32 Å². The van der Waals surface area contributed by atoms with E-state index in [0.717, 1.165) is 6.42 Å². The first-order chi connectivity index (χ1) is 4.68. The number of carbonyl (C=O) groups excluding carboxylic acids is 2. The van der Waals surface area contributed by atoms with Crippen molar-refractivity contribution in [2.75, 3.05) is 0 Å². The lowest BCUT2D eigenvalue weighted by Gasteiger charge is -2.04. The van der Waals surface area contributed by atoms with Crippen LogP contribution in [0.2, 0.25) is 0 Å². The molecule has 0 aromatic carbocycles. The van der Waals surface area contributed by atoms with Gasteiger partial charge in [0.25, 0.3) is 0 Å². The zero-order valence-corrected chi connectivity index (χ0v) is 6.02. The second-order valence-corrected chi connectivity index (χ2v) is 2.71. The van der Waals surface area contributed by atoms with Crippen LogP contribution in [-0.4, -0.2) is 17.7 Å². The highest BCUT2D eigenvalue weighted by Crippen LogP contribution is 2.09. The minimum absolute atomic E-state index is 0.0752. The largest absolute Gasteiger partial charge is 0.353 e. The van der Waals surface area contributed by atoms with Crippen LogP contribution in [0.4, 0.5) is 0 Å². The summed E-state index contributed by atoms with van der Waals surface area (Å²) in [6.45, 7) is 1.55. The molecule has 0 spiro atoms. The summed E-state index contributed by atoms with van der Waals surface area (Å²) in [5.41, 5.74) is 0. The standard InChI is InChI=1S/C7H11NO2/c1-5(9)4-6-2-3-7(10)8-6/h6H,2-4H2,1H3,(H,8,10)/t6-/m0/s1. The van der Waals surface area contributed by atoms with Crippen LogP contribution in [0.3, 0.4) is 0 Å². The lowest BCUT2D eigenvalue weighted by atomic mass is 10.1. The normalized spacial score (nSPS) is 24.5. The summed E-state index contributed by atoms with van der Waals surface area (Å²) in [6, 6.07) is 0.116. The third-order valence-electron chi connectivity index (χ3n) is 1.62. The van der Waals surface area contributed by atoms with Gasteiger partial charge in [-0.25, -0.2) is 0 Å². The molecular formula is C7H11NO2. The monoisotopic (exact) mass is 141 g/mol. The number of rotatable bonds is 2. The van der Waals surface area contributed by atoms with E-state index >= 15 is 0 Å². The molecule has 3 nitrogen and oxygen atoms in total. The number of hydrogen-bond acceptors (Lipinski definition) is 2. The van der Waals surface area contributed by atoms with E-state index in [-0.39, 0.29) is 17.7 Å². The van der Waals surface area contributed by atoms with Crippen molar-refractivity contribution < 1.29 is 9.59 Å². The number of hydrogen-bond donors (Lipinski definition) is 1. The van der Waals surface area contributed by atoms with Gasteiger partial charge in [-0.15, -0.1) is 0 Å². The van der Waals surface area contributed by atoms with Crippen molar-refractivity contribution in [3.63, 3.8) is 0 Å². The van der Waals surface area contributed by atoms with Crippen LogP contribution in [0, 0.1) is 0 Å². The van der Waals surface area contributed by atoms with Crippen molar-refractivity contribution in [2.24, 2.45) is 0 Å². The molecule has 3 heteroatoms. The SMILES string of the molecule is CC(=O)C[C@@H]1CCC(=O)N1. The van der Waals surface area contributed by atoms with Crippen LogP contribution in [0.1, 0.15) is 26.2 Å². The van der Waals surface area contributed by atoms with Gasteiger partial charge < -0.3 is 5.32 Å². The molecule has 0 saturated carbocycles. The highest BCUT2D eigenvalue weighted by atomic mass is 16.2.